The summed E-state index contributed by atoms with van der Waals surface area (Å²) in [5, 5.41) is 0. The third-order valence-corrected chi connectivity index (χ3v) is 3.94. The smallest absolute Gasteiger partial charge is 0.329 e. The number of ether oxygens (including phenoxy) is 1. The standard InChI is InChI=1S/C18H20N2O2/c21-18(22-16-9-2-1-3-10-16)17(20-12-6-7-13-20)14-15-8-4-5-11-19-15/h1-5,8-11,17H,6-7,12-14H2. The lowest BCUT2D eigenvalue weighted by Crippen LogP contribution is -2.43. The number of carbonyl (C=O) groups excluding carboxylic acids is 1. The van der Waals surface area contributed by atoms with Crippen LogP contribution in [0, 0.1) is 0 Å². The number of aromatic nitrogens is 1. The molecule has 0 bridgehead atoms. The van der Waals surface area contributed by atoms with Crippen molar-refractivity contribution in [1.82, 2.24) is 9.88 Å². The van der Waals surface area contributed by atoms with Crippen LogP contribution in [-0.4, -0.2) is 35.0 Å². The highest BCUT2D eigenvalue weighted by atomic mass is 16.5. The molecule has 1 fully saturated rings. The van der Waals surface area contributed by atoms with Gasteiger partial charge in [-0.15, -0.1) is 0 Å². The van der Waals surface area contributed by atoms with Gasteiger partial charge in [0, 0.05) is 18.3 Å². The molecule has 1 aliphatic rings. The van der Waals surface area contributed by atoms with Crippen LogP contribution in [0.25, 0.3) is 0 Å². The number of esters is 1. The van der Waals surface area contributed by atoms with E-state index >= 15 is 0 Å². The van der Waals surface area contributed by atoms with Crippen molar-refractivity contribution >= 4 is 5.97 Å². The molecule has 0 aliphatic carbocycles. The van der Waals surface area contributed by atoms with E-state index in [0.717, 1.165) is 31.6 Å². The van der Waals surface area contributed by atoms with Gasteiger partial charge in [-0.1, -0.05) is 24.3 Å². The maximum absolute atomic E-state index is 12.6. The van der Waals surface area contributed by atoms with Gasteiger partial charge in [-0.3, -0.25) is 9.88 Å². The van der Waals surface area contributed by atoms with E-state index in [1.54, 1.807) is 18.3 Å². The third kappa shape index (κ3) is 3.71. The van der Waals surface area contributed by atoms with Gasteiger partial charge >= 0.3 is 5.97 Å². The lowest BCUT2D eigenvalue weighted by Gasteiger charge is -2.25. The van der Waals surface area contributed by atoms with Crippen molar-refractivity contribution in [3.05, 3.63) is 60.4 Å². The fourth-order valence-corrected chi connectivity index (χ4v) is 2.80. The molecule has 4 nitrogen and oxygen atoms in total. The van der Waals surface area contributed by atoms with Gasteiger partial charge in [0.05, 0.1) is 0 Å². The molecular weight excluding hydrogens is 276 g/mol. The molecule has 0 spiro atoms. The van der Waals surface area contributed by atoms with E-state index < -0.39 is 0 Å². The molecule has 1 aliphatic heterocycles. The van der Waals surface area contributed by atoms with Crippen molar-refractivity contribution in [2.75, 3.05) is 13.1 Å². The molecule has 4 heteroatoms. The number of benzene rings is 1. The largest absolute Gasteiger partial charge is 0.425 e. The Balaban J connectivity index is 1.74. The van der Waals surface area contributed by atoms with Gasteiger partial charge < -0.3 is 4.74 Å². The van der Waals surface area contributed by atoms with Gasteiger partial charge in [0.25, 0.3) is 0 Å². The first-order valence-electron chi connectivity index (χ1n) is 7.73. The minimum Gasteiger partial charge on any atom is -0.425 e. The summed E-state index contributed by atoms with van der Waals surface area (Å²) in [6.07, 6.45) is 4.63. The number of hydrogen-bond donors (Lipinski definition) is 0. The SMILES string of the molecule is O=C(Oc1ccccc1)C(Cc1ccccn1)N1CCCC1. The second-order valence-corrected chi connectivity index (χ2v) is 5.52. The van der Waals surface area contributed by atoms with Gasteiger partial charge in [-0.05, 0) is 50.2 Å². The van der Waals surface area contributed by atoms with Crippen LogP contribution in [0.15, 0.2) is 54.7 Å². The second-order valence-electron chi connectivity index (χ2n) is 5.52. The maximum Gasteiger partial charge on any atom is 0.329 e. The van der Waals surface area contributed by atoms with Crippen molar-refractivity contribution in [2.45, 2.75) is 25.3 Å². The lowest BCUT2D eigenvalue weighted by molar-refractivity contribution is -0.140. The van der Waals surface area contributed by atoms with Gasteiger partial charge in [-0.25, -0.2) is 4.79 Å². The van der Waals surface area contributed by atoms with E-state index in [1.807, 2.05) is 36.4 Å². The molecule has 1 unspecified atom stereocenters. The monoisotopic (exact) mass is 296 g/mol. The van der Waals surface area contributed by atoms with E-state index in [1.165, 1.54) is 0 Å². The van der Waals surface area contributed by atoms with Crippen LogP contribution >= 0.6 is 0 Å². The van der Waals surface area contributed by atoms with E-state index in [2.05, 4.69) is 9.88 Å². The number of rotatable bonds is 5. The Hall–Kier alpha value is -2.20. The van der Waals surface area contributed by atoms with Crippen LogP contribution in [0.4, 0.5) is 0 Å². The van der Waals surface area contributed by atoms with Gasteiger partial charge in [-0.2, -0.15) is 0 Å². The zero-order chi connectivity index (χ0) is 15.2. The quantitative estimate of drug-likeness (QED) is 0.628. The minimum atomic E-state index is -0.266. The molecule has 1 aromatic carbocycles. The molecule has 1 atom stereocenters. The van der Waals surface area contributed by atoms with Crippen molar-refractivity contribution < 1.29 is 9.53 Å². The number of carbonyl (C=O) groups is 1. The summed E-state index contributed by atoms with van der Waals surface area (Å²) in [4.78, 5) is 19.2. The zero-order valence-electron chi connectivity index (χ0n) is 12.5. The number of para-hydroxylation sites is 1. The first-order chi connectivity index (χ1) is 10.8. The minimum absolute atomic E-state index is 0.196. The van der Waals surface area contributed by atoms with Crippen molar-refractivity contribution in [2.24, 2.45) is 0 Å². The molecular formula is C18H20N2O2. The van der Waals surface area contributed by atoms with Crippen LogP contribution in [0.1, 0.15) is 18.5 Å². The predicted molar refractivity (Wildman–Crippen MR) is 84.6 cm³/mol. The van der Waals surface area contributed by atoms with E-state index in [4.69, 9.17) is 4.74 Å². The Kier molecular flexibility index (Phi) is 4.81. The Morgan fingerprint density at radius 3 is 2.50 bits per heavy atom. The number of likely N-dealkylation sites (tertiary alicyclic amines) is 1. The highest BCUT2D eigenvalue weighted by Gasteiger charge is 2.30. The Labute approximate surface area is 130 Å². The van der Waals surface area contributed by atoms with Gasteiger partial charge in [0.1, 0.15) is 11.8 Å². The molecule has 2 heterocycles. The molecule has 0 N–H and O–H groups in total. The summed E-state index contributed by atoms with van der Waals surface area (Å²) in [7, 11) is 0. The first-order valence-corrected chi connectivity index (χ1v) is 7.73. The summed E-state index contributed by atoms with van der Waals surface area (Å²) in [6, 6.07) is 14.8. The van der Waals surface area contributed by atoms with E-state index in [0.29, 0.717) is 12.2 Å². The molecule has 2 aromatic rings. The fourth-order valence-electron chi connectivity index (χ4n) is 2.80. The average Bonchev–Trinajstić information content (AvgIpc) is 3.08. The number of nitrogens with zero attached hydrogens (tertiary/aromatic N) is 2. The number of hydrogen-bond acceptors (Lipinski definition) is 4. The molecule has 0 saturated carbocycles. The Bertz CT molecular complexity index is 595. The van der Waals surface area contributed by atoms with E-state index in [9.17, 15) is 4.79 Å². The molecule has 0 radical (unpaired) electrons. The van der Waals surface area contributed by atoms with Crippen LogP contribution in [0.3, 0.4) is 0 Å². The third-order valence-electron chi connectivity index (χ3n) is 3.94. The summed E-state index contributed by atoms with van der Waals surface area (Å²) in [5.74, 6) is 0.400. The van der Waals surface area contributed by atoms with E-state index in [-0.39, 0.29) is 12.0 Å². The number of pyridine rings is 1. The average molecular weight is 296 g/mol. The highest BCUT2D eigenvalue weighted by molar-refractivity contribution is 5.78. The predicted octanol–water partition coefficient (Wildman–Crippen LogP) is 2.69. The highest BCUT2D eigenvalue weighted by Crippen LogP contribution is 2.18. The summed E-state index contributed by atoms with van der Waals surface area (Å²) in [6.45, 7) is 1.89. The maximum atomic E-state index is 12.6. The topological polar surface area (TPSA) is 42.4 Å². The van der Waals surface area contributed by atoms with Gasteiger partial charge in [0.15, 0.2) is 0 Å². The lowest BCUT2D eigenvalue weighted by atomic mass is 10.1. The summed E-state index contributed by atoms with van der Waals surface area (Å²) < 4.78 is 5.55. The molecule has 3 rings (SSSR count). The molecule has 1 saturated heterocycles. The van der Waals surface area contributed by atoms with Crippen LogP contribution in [-0.2, 0) is 11.2 Å². The van der Waals surface area contributed by atoms with Crippen LogP contribution in [0.2, 0.25) is 0 Å². The molecule has 22 heavy (non-hydrogen) atoms. The fraction of sp³-hybridized carbons (Fsp3) is 0.333. The molecule has 0 amide bonds. The van der Waals surface area contributed by atoms with Crippen molar-refractivity contribution in [1.29, 1.82) is 0 Å². The summed E-state index contributed by atoms with van der Waals surface area (Å²) >= 11 is 0. The van der Waals surface area contributed by atoms with Crippen LogP contribution in [0.5, 0.6) is 5.75 Å². The molecule has 114 valence electrons. The normalized spacial score (nSPS) is 16.4. The van der Waals surface area contributed by atoms with Crippen molar-refractivity contribution in [3.63, 3.8) is 0 Å². The zero-order valence-corrected chi connectivity index (χ0v) is 12.5. The molecule has 1 aromatic heterocycles. The van der Waals surface area contributed by atoms with Gasteiger partial charge in [0.2, 0.25) is 0 Å². The first kappa shape index (κ1) is 14.7. The van der Waals surface area contributed by atoms with Crippen molar-refractivity contribution in [3.8, 4) is 5.75 Å². The Morgan fingerprint density at radius 2 is 1.82 bits per heavy atom. The van der Waals surface area contributed by atoms with Crippen LogP contribution < -0.4 is 4.74 Å². The second kappa shape index (κ2) is 7.18. The Morgan fingerprint density at radius 1 is 1.09 bits per heavy atom. The summed E-state index contributed by atoms with van der Waals surface area (Å²) in [5.41, 5.74) is 0.921.